The van der Waals surface area contributed by atoms with Gasteiger partial charge >= 0.3 is 0 Å². The van der Waals surface area contributed by atoms with Gasteiger partial charge in [0.05, 0.1) is 5.02 Å². The van der Waals surface area contributed by atoms with Crippen molar-refractivity contribution >= 4 is 33.4 Å². The van der Waals surface area contributed by atoms with Crippen LogP contribution >= 0.6 is 27.5 Å². The van der Waals surface area contributed by atoms with Crippen LogP contribution in [-0.4, -0.2) is 17.3 Å². The SMILES string of the molecule is CCC(CBr)NC(=O)c1ccc(Cl)c(F)c1. The second-order valence-corrected chi connectivity index (χ2v) is 4.42. The summed E-state index contributed by atoms with van der Waals surface area (Å²) in [6, 6.07) is 4.06. The number of hydrogen-bond acceptors (Lipinski definition) is 1. The number of amides is 1. The van der Waals surface area contributed by atoms with Crippen molar-refractivity contribution in [3.8, 4) is 0 Å². The molecule has 1 N–H and O–H groups in total. The summed E-state index contributed by atoms with van der Waals surface area (Å²) in [6.45, 7) is 1.97. The van der Waals surface area contributed by atoms with E-state index in [0.29, 0.717) is 5.33 Å². The van der Waals surface area contributed by atoms with E-state index in [1.807, 2.05) is 6.92 Å². The number of rotatable bonds is 4. The maximum absolute atomic E-state index is 13.1. The van der Waals surface area contributed by atoms with Crippen LogP contribution in [0.5, 0.6) is 0 Å². The average molecular weight is 309 g/mol. The largest absolute Gasteiger partial charge is 0.348 e. The Labute approximate surface area is 107 Å². The van der Waals surface area contributed by atoms with Gasteiger partial charge in [-0.1, -0.05) is 34.5 Å². The van der Waals surface area contributed by atoms with Crippen molar-refractivity contribution in [3.63, 3.8) is 0 Å². The number of carbonyl (C=O) groups excluding carboxylic acids is 1. The molecule has 1 rings (SSSR count). The number of nitrogens with one attached hydrogen (secondary N) is 1. The van der Waals surface area contributed by atoms with E-state index in [1.54, 1.807) is 0 Å². The zero-order chi connectivity index (χ0) is 12.1. The third-order valence-electron chi connectivity index (χ3n) is 2.20. The molecular formula is C11H12BrClFNO. The number of alkyl halides is 1. The molecule has 1 unspecified atom stereocenters. The maximum Gasteiger partial charge on any atom is 0.251 e. The molecule has 16 heavy (non-hydrogen) atoms. The molecule has 0 bridgehead atoms. The monoisotopic (exact) mass is 307 g/mol. The third-order valence-corrected chi connectivity index (χ3v) is 3.28. The van der Waals surface area contributed by atoms with Gasteiger partial charge in [-0.25, -0.2) is 4.39 Å². The van der Waals surface area contributed by atoms with E-state index in [1.165, 1.54) is 12.1 Å². The molecular weight excluding hydrogens is 296 g/mol. The van der Waals surface area contributed by atoms with Crippen molar-refractivity contribution in [1.29, 1.82) is 0 Å². The fraction of sp³-hybridized carbons (Fsp3) is 0.364. The summed E-state index contributed by atoms with van der Waals surface area (Å²) in [5.74, 6) is -0.872. The van der Waals surface area contributed by atoms with E-state index in [4.69, 9.17) is 11.6 Å². The van der Waals surface area contributed by atoms with Crippen LogP contribution in [0.2, 0.25) is 5.02 Å². The van der Waals surface area contributed by atoms with Gasteiger partial charge in [-0.2, -0.15) is 0 Å². The Hall–Kier alpha value is -0.610. The summed E-state index contributed by atoms with van der Waals surface area (Å²) in [6.07, 6.45) is 0.813. The molecule has 1 amide bonds. The fourth-order valence-electron chi connectivity index (χ4n) is 1.16. The highest BCUT2D eigenvalue weighted by Gasteiger charge is 2.12. The van der Waals surface area contributed by atoms with Crippen molar-refractivity contribution < 1.29 is 9.18 Å². The Morgan fingerprint density at radius 2 is 2.31 bits per heavy atom. The summed E-state index contributed by atoms with van der Waals surface area (Å²) in [7, 11) is 0. The lowest BCUT2D eigenvalue weighted by atomic mass is 10.2. The van der Waals surface area contributed by atoms with E-state index in [9.17, 15) is 9.18 Å². The Morgan fingerprint density at radius 1 is 1.62 bits per heavy atom. The van der Waals surface area contributed by atoms with Crippen molar-refractivity contribution in [2.24, 2.45) is 0 Å². The molecule has 1 aromatic carbocycles. The molecule has 5 heteroatoms. The lowest BCUT2D eigenvalue weighted by Crippen LogP contribution is -2.35. The molecule has 0 heterocycles. The van der Waals surface area contributed by atoms with E-state index in [-0.39, 0.29) is 22.5 Å². The fourth-order valence-corrected chi connectivity index (χ4v) is 1.89. The first-order chi connectivity index (χ1) is 7.58. The molecule has 0 fully saturated rings. The van der Waals surface area contributed by atoms with Gasteiger partial charge < -0.3 is 5.32 Å². The minimum Gasteiger partial charge on any atom is -0.348 e. The van der Waals surface area contributed by atoms with Gasteiger partial charge in [0.25, 0.3) is 5.91 Å². The van der Waals surface area contributed by atoms with Gasteiger partial charge in [-0.3, -0.25) is 4.79 Å². The van der Waals surface area contributed by atoms with Crippen LogP contribution in [0.15, 0.2) is 18.2 Å². The second-order valence-electron chi connectivity index (χ2n) is 3.36. The predicted octanol–water partition coefficient (Wildman–Crippen LogP) is 3.38. The zero-order valence-electron chi connectivity index (χ0n) is 8.77. The molecule has 2 nitrogen and oxygen atoms in total. The Bertz CT molecular complexity index is 382. The lowest BCUT2D eigenvalue weighted by Gasteiger charge is -2.13. The van der Waals surface area contributed by atoms with Crippen molar-refractivity contribution in [2.75, 3.05) is 5.33 Å². The number of carbonyl (C=O) groups is 1. The molecule has 0 aliphatic rings. The summed E-state index contributed by atoms with van der Waals surface area (Å²) >= 11 is 8.82. The second kappa shape index (κ2) is 6.21. The van der Waals surface area contributed by atoms with Crippen LogP contribution in [0.25, 0.3) is 0 Å². The van der Waals surface area contributed by atoms with E-state index >= 15 is 0 Å². The van der Waals surface area contributed by atoms with Crippen LogP contribution in [-0.2, 0) is 0 Å². The standard InChI is InChI=1S/C11H12BrClFNO/c1-2-8(6-12)15-11(16)7-3-4-9(13)10(14)5-7/h3-5,8H,2,6H2,1H3,(H,15,16). The number of benzene rings is 1. The molecule has 0 saturated carbocycles. The Kier molecular flexibility index (Phi) is 5.22. The molecule has 1 atom stereocenters. The first-order valence-electron chi connectivity index (χ1n) is 4.90. The molecule has 0 radical (unpaired) electrons. The van der Waals surface area contributed by atoms with Gasteiger partial charge in [0, 0.05) is 16.9 Å². The van der Waals surface area contributed by atoms with E-state index in [0.717, 1.165) is 12.5 Å². The van der Waals surface area contributed by atoms with Gasteiger partial charge in [-0.15, -0.1) is 0 Å². The maximum atomic E-state index is 13.1. The summed E-state index contributed by atoms with van der Waals surface area (Å²) in [4.78, 5) is 11.7. The topological polar surface area (TPSA) is 29.1 Å². The predicted molar refractivity (Wildman–Crippen MR) is 66.7 cm³/mol. The average Bonchev–Trinajstić information content (AvgIpc) is 2.29. The quantitative estimate of drug-likeness (QED) is 0.849. The number of hydrogen-bond donors (Lipinski definition) is 1. The van der Waals surface area contributed by atoms with Crippen LogP contribution in [0.3, 0.4) is 0 Å². The smallest absolute Gasteiger partial charge is 0.251 e. The highest BCUT2D eigenvalue weighted by Crippen LogP contribution is 2.15. The van der Waals surface area contributed by atoms with Crippen LogP contribution in [0.4, 0.5) is 4.39 Å². The van der Waals surface area contributed by atoms with Gasteiger partial charge in [0.1, 0.15) is 5.82 Å². The van der Waals surface area contributed by atoms with Crippen LogP contribution in [0.1, 0.15) is 23.7 Å². The molecule has 0 aliphatic heterocycles. The molecule has 0 saturated heterocycles. The summed E-state index contributed by atoms with van der Waals surface area (Å²) in [5, 5.41) is 3.47. The molecule has 88 valence electrons. The van der Waals surface area contributed by atoms with Crippen LogP contribution in [0, 0.1) is 5.82 Å². The minimum absolute atomic E-state index is 0.0177. The zero-order valence-corrected chi connectivity index (χ0v) is 11.1. The normalized spacial score (nSPS) is 12.2. The third kappa shape index (κ3) is 3.46. The molecule has 0 aliphatic carbocycles. The first-order valence-corrected chi connectivity index (χ1v) is 6.40. The van der Waals surface area contributed by atoms with E-state index in [2.05, 4.69) is 21.2 Å². The van der Waals surface area contributed by atoms with Gasteiger partial charge in [0.2, 0.25) is 0 Å². The summed E-state index contributed by atoms with van der Waals surface area (Å²) in [5.41, 5.74) is 0.279. The molecule has 1 aromatic rings. The molecule has 0 aromatic heterocycles. The van der Waals surface area contributed by atoms with Crippen molar-refractivity contribution in [3.05, 3.63) is 34.6 Å². The van der Waals surface area contributed by atoms with E-state index < -0.39 is 5.82 Å². The van der Waals surface area contributed by atoms with Gasteiger partial charge in [-0.05, 0) is 24.6 Å². The van der Waals surface area contributed by atoms with Crippen molar-refractivity contribution in [2.45, 2.75) is 19.4 Å². The Morgan fingerprint density at radius 3 is 2.81 bits per heavy atom. The highest BCUT2D eigenvalue weighted by molar-refractivity contribution is 9.09. The minimum atomic E-state index is -0.582. The van der Waals surface area contributed by atoms with Crippen molar-refractivity contribution in [1.82, 2.24) is 5.32 Å². The van der Waals surface area contributed by atoms with Gasteiger partial charge in [0.15, 0.2) is 0 Å². The highest BCUT2D eigenvalue weighted by atomic mass is 79.9. The number of halogens is 3. The first kappa shape index (κ1) is 13.5. The molecule has 0 spiro atoms. The van der Waals surface area contributed by atoms with Crippen LogP contribution < -0.4 is 5.32 Å². The summed E-state index contributed by atoms with van der Waals surface area (Å²) < 4.78 is 13.1. The lowest BCUT2D eigenvalue weighted by molar-refractivity contribution is 0.0940. The Balaban J connectivity index is 2.76.